The lowest BCUT2D eigenvalue weighted by atomic mass is 9.79. The van der Waals surface area contributed by atoms with Crippen molar-refractivity contribution < 1.29 is 4.74 Å². The predicted molar refractivity (Wildman–Crippen MR) is 72.4 cm³/mol. The van der Waals surface area contributed by atoms with Crippen molar-refractivity contribution in [3.05, 3.63) is 23.9 Å². The van der Waals surface area contributed by atoms with Gasteiger partial charge in [-0.1, -0.05) is 19.9 Å². The highest BCUT2D eigenvalue weighted by Crippen LogP contribution is 2.28. The SMILES string of the molecule is COc1cccc(CN2CCC(N)C(C)(C)C2)n1. The second-order valence-electron chi connectivity index (χ2n) is 5.77. The summed E-state index contributed by atoms with van der Waals surface area (Å²) < 4.78 is 5.15. The number of hydrogen-bond donors (Lipinski definition) is 1. The second kappa shape index (κ2) is 5.24. The molecule has 1 aromatic heterocycles. The van der Waals surface area contributed by atoms with Gasteiger partial charge >= 0.3 is 0 Å². The molecule has 4 heteroatoms. The molecule has 4 nitrogen and oxygen atoms in total. The molecule has 0 aromatic carbocycles. The molecule has 2 rings (SSSR count). The van der Waals surface area contributed by atoms with Gasteiger partial charge in [-0.05, 0) is 17.9 Å². The van der Waals surface area contributed by atoms with Gasteiger partial charge in [0.25, 0.3) is 0 Å². The van der Waals surface area contributed by atoms with Crippen molar-refractivity contribution in [2.75, 3.05) is 20.2 Å². The van der Waals surface area contributed by atoms with Gasteiger partial charge in [0.15, 0.2) is 0 Å². The van der Waals surface area contributed by atoms with Gasteiger partial charge in [0, 0.05) is 31.7 Å². The van der Waals surface area contributed by atoms with E-state index in [1.165, 1.54) is 0 Å². The number of ether oxygens (including phenoxy) is 1. The van der Waals surface area contributed by atoms with E-state index in [1.807, 2.05) is 18.2 Å². The molecular weight excluding hydrogens is 226 g/mol. The molecular formula is C14H23N3O. The first-order chi connectivity index (χ1) is 8.51. The van der Waals surface area contributed by atoms with Crippen LogP contribution >= 0.6 is 0 Å². The normalized spacial score (nSPS) is 23.9. The topological polar surface area (TPSA) is 51.4 Å². The van der Waals surface area contributed by atoms with Crippen molar-refractivity contribution >= 4 is 0 Å². The van der Waals surface area contributed by atoms with E-state index in [0.29, 0.717) is 11.9 Å². The van der Waals surface area contributed by atoms with E-state index >= 15 is 0 Å². The number of aromatic nitrogens is 1. The van der Waals surface area contributed by atoms with Gasteiger partial charge in [-0.2, -0.15) is 0 Å². The summed E-state index contributed by atoms with van der Waals surface area (Å²) in [5, 5.41) is 0. The minimum absolute atomic E-state index is 0.178. The molecule has 1 atom stereocenters. The average Bonchev–Trinajstić information content (AvgIpc) is 2.34. The zero-order valence-corrected chi connectivity index (χ0v) is 11.5. The molecule has 1 unspecified atom stereocenters. The number of nitrogens with zero attached hydrogens (tertiary/aromatic N) is 2. The molecule has 18 heavy (non-hydrogen) atoms. The van der Waals surface area contributed by atoms with Crippen LogP contribution in [0.5, 0.6) is 5.88 Å². The maximum Gasteiger partial charge on any atom is 0.213 e. The van der Waals surface area contributed by atoms with Crippen molar-refractivity contribution in [1.29, 1.82) is 0 Å². The van der Waals surface area contributed by atoms with Crippen LogP contribution in [0.4, 0.5) is 0 Å². The van der Waals surface area contributed by atoms with Crippen molar-refractivity contribution in [3.63, 3.8) is 0 Å². The first-order valence-electron chi connectivity index (χ1n) is 6.49. The summed E-state index contributed by atoms with van der Waals surface area (Å²) in [7, 11) is 1.65. The summed E-state index contributed by atoms with van der Waals surface area (Å²) in [6.07, 6.45) is 1.05. The Bertz CT molecular complexity index is 406. The van der Waals surface area contributed by atoms with E-state index < -0.39 is 0 Å². The predicted octanol–water partition coefficient (Wildman–Crippen LogP) is 1.65. The van der Waals surface area contributed by atoms with Crippen molar-refractivity contribution in [2.24, 2.45) is 11.1 Å². The lowest BCUT2D eigenvalue weighted by Gasteiger charge is -2.42. The largest absolute Gasteiger partial charge is 0.481 e. The summed E-state index contributed by atoms with van der Waals surface area (Å²) in [6, 6.07) is 6.21. The fourth-order valence-corrected chi connectivity index (χ4v) is 2.51. The third-order valence-electron chi connectivity index (χ3n) is 3.77. The molecule has 1 aliphatic rings. The highest BCUT2D eigenvalue weighted by Gasteiger charge is 2.33. The van der Waals surface area contributed by atoms with Gasteiger partial charge in [-0.15, -0.1) is 0 Å². The summed E-state index contributed by atoms with van der Waals surface area (Å²) in [5.41, 5.74) is 7.39. The fraction of sp³-hybridized carbons (Fsp3) is 0.643. The fourth-order valence-electron chi connectivity index (χ4n) is 2.51. The Morgan fingerprint density at radius 2 is 2.28 bits per heavy atom. The lowest BCUT2D eigenvalue weighted by molar-refractivity contribution is 0.0888. The number of piperidine rings is 1. The Morgan fingerprint density at radius 3 is 2.94 bits per heavy atom. The summed E-state index contributed by atoms with van der Waals surface area (Å²) in [4.78, 5) is 6.88. The molecule has 0 saturated carbocycles. The summed E-state index contributed by atoms with van der Waals surface area (Å²) in [5.74, 6) is 0.681. The molecule has 0 bridgehead atoms. The number of likely N-dealkylation sites (tertiary alicyclic amines) is 1. The van der Waals surface area contributed by atoms with Crippen LogP contribution in [0.1, 0.15) is 26.0 Å². The zero-order chi connectivity index (χ0) is 13.2. The Morgan fingerprint density at radius 1 is 1.50 bits per heavy atom. The van der Waals surface area contributed by atoms with Crippen LogP contribution in [-0.2, 0) is 6.54 Å². The zero-order valence-electron chi connectivity index (χ0n) is 11.5. The van der Waals surface area contributed by atoms with E-state index in [1.54, 1.807) is 7.11 Å². The number of methoxy groups -OCH3 is 1. The first-order valence-corrected chi connectivity index (χ1v) is 6.49. The Kier molecular flexibility index (Phi) is 3.88. The lowest BCUT2D eigenvalue weighted by Crippen LogP contribution is -2.52. The van der Waals surface area contributed by atoms with E-state index in [0.717, 1.165) is 31.7 Å². The molecule has 1 saturated heterocycles. The van der Waals surface area contributed by atoms with Crippen LogP contribution in [-0.4, -0.2) is 36.1 Å². The minimum Gasteiger partial charge on any atom is -0.481 e. The van der Waals surface area contributed by atoms with E-state index in [4.69, 9.17) is 10.5 Å². The van der Waals surface area contributed by atoms with Gasteiger partial charge in [-0.25, -0.2) is 4.98 Å². The van der Waals surface area contributed by atoms with Crippen LogP contribution in [0.2, 0.25) is 0 Å². The van der Waals surface area contributed by atoms with Gasteiger partial charge in [0.05, 0.1) is 12.8 Å². The molecule has 0 spiro atoms. The maximum absolute atomic E-state index is 6.15. The van der Waals surface area contributed by atoms with Gasteiger partial charge in [0.2, 0.25) is 5.88 Å². The number of nitrogens with two attached hydrogens (primary N) is 1. The molecule has 100 valence electrons. The van der Waals surface area contributed by atoms with Gasteiger partial charge < -0.3 is 10.5 Å². The maximum atomic E-state index is 6.15. The molecule has 2 N–H and O–H groups in total. The van der Waals surface area contributed by atoms with E-state index in [2.05, 4.69) is 23.7 Å². The minimum atomic E-state index is 0.178. The van der Waals surface area contributed by atoms with Crippen molar-refractivity contribution in [3.8, 4) is 5.88 Å². The van der Waals surface area contributed by atoms with Crippen molar-refractivity contribution in [1.82, 2.24) is 9.88 Å². The monoisotopic (exact) mass is 249 g/mol. The van der Waals surface area contributed by atoms with Crippen molar-refractivity contribution in [2.45, 2.75) is 32.9 Å². The molecule has 0 radical (unpaired) electrons. The van der Waals surface area contributed by atoms with Crippen LogP contribution in [0.25, 0.3) is 0 Å². The first kappa shape index (κ1) is 13.3. The highest BCUT2D eigenvalue weighted by molar-refractivity contribution is 5.15. The summed E-state index contributed by atoms with van der Waals surface area (Å²) >= 11 is 0. The smallest absolute Gasteiger partial charge is 0.213 e. The highest BCUT2D eigenvalue weighted by atomic mass is 16.5. The quantitative estimate of drug-likeness (QED) is 0.885. The number of hydrogen-bond acceptors (Lipinski definition) is 4. The standard InChI is InChI=1S/C14H23N3O/c1-14(2)10-17(8-7-12(14)15)9-11-5-4-6-13(16-11)18-3/h4-6,12H,7-10,15H2,1-3H3. The average molecular weight is 249 g/mol. The van der Waals surface area contributed by atoms with Crippen LogP contribution in [0.3, 0.4) is 0 Å². The third kappa shape index (κ3) is 3.00. The summed E-state index contributed by atoms with van der Waals surface area (Å²) in [6.45, 7) is 7.41. The third-order valence-corrected chi connectivity index (χ3v) is 3.77. The Balaban J connectivity index is 2.01. The van der Waals surface area contributed by atoms with E-state index in [-0.39, 0.29) is 5.41 Å². The molecule has 0 amide bonds. The number of rotatable bonds is 3. The Labute approximate surface area is 109 Å². The van der Waals surface area contributed by atoms with Gasteiger partial charge in [0.1, 0.15) is 0 Å². The Hall–Kier alpha value is -1.13. The second-order valence-corrected chi connectivity index (χ2v) is 5.77. The number of pyridine rings is 1. The van der Waals surface area contributed by atoms with E-state index in [9.17, 15) is 0 Å². The molecule has 1 fully saturated rings. The van der Waals surface area contributed by atoms with Crippen LogP contribution in [0, 0.1) is 5.41 Å². The van der Waals surface area contributed by atoms with Gasteiger partial charge in [-0.3, -0.25) is 4.90 Å². The van der Waals surface area contributed by atoms with Crippen LogP contribution in [0.15, 0.2) is 18.2 Å². The molecule has 0 aliphatic carbocycles. The van der Waals surface area contributed by atoms with Crippen LogP contribution < -0.4 is 10.5 Å². The molecule has 2 heterocycles. The molecule has 1 aromatic rings. The molecule has 1 aliphatic heterocycles.